The number of morpholine rings is 1. The van der Waals surface area contributed by atoms with Crippen LogP contribution < -0.4 is 10.6 Å². The van der Waals surface area contributed by atoms with Crippen LogP contribution in [0, 0.1) is 0 Å². The summed E-state index contributed by atoms with van der Waals surface area (Å²) >= 11 is 0. The van der Waals surface area contributed by atoms with E-state index in [9.17, 15) is 0 Å². The predicted molar refractivity (Wildman–Crippen MR) is 125 cm³/mol. The number of nitrogens with zero attached hydrogens (tertiary/aromatic N) is 3. The minimum atomic E-state index is 0.710. The van der Waals surface area contributed by atoms with Crippen molar-refractivity contribution in [3.05, 3.63) is 35.4 Å². The van der Waals surface area contributed by atoms with E-state index in [0.717, 1.165) is 58.3 Å². The van der Waals surface area contributed by atoms with Crippen molar-refractivity contribution in [2.24, 2.45) is 4.99 Å². The summed E-state index contributed by atoms with van der Waals surface area (Å²) in [6.07, 6.45) is 6.69. The maximum Gasteiger partial charge on any atom is 0.191 e. The van der Waals surface area contributed by atoms with Crippen LogP contribution in [-0.4, -0.2) is 74.8 Å². The van der Waals surface area contributed by atoms with Gasteiger partial charge in [0.1, 0.15) is 0 Å². The highest BCUT2D eigenvalue weighted by atomic mass is 16.5. The number of likely N-dealkylation sites (tertiary alicyclic amines) is 1. The number of benzene rings is 1. The van der Waals surface area contributed by atoms with Crippen LogP contribution in [0.5, 0.6) is 0 Å². The second kappa shape index (κ2) is 13.6. The summed E-state index contributed by atoms with van der Waals surface area (Å²) in [5.74, 6) is 0.926. The molecular weight excluding hydrogens is 374 g/mol. The van der Waals surface area contributed by atoms with Gasteiger partial charge in [-0.1, -0.05) is 37.1 Å². The molecule has 2 heterocycles. The molecule has 0 saturated carbocycles. The molecule has 0 amide bonds. The molecule has 0 atom stereocenters. The SMILES string of the molecule is CCNC(=NCc1ccccc1CN1CCOCC1)NCCCN1CCCCCC1. The number of hydrogen-bond acceptors (Lipinski definition) is 4. The van der Waals surface area contributed by atoms with Crippen LogP contribution in [0.15, 0.2) is 29.3 Å². The van der Waals surface area contributed by atoms with E-state index in [-0.39, 0.29) is 0 Å². The molecule has 0 radical (unpaired) electrons. The van der Waals surface area contributed by atoms with E-state index >= 15 is 0 Å². The van der Waals surface area contributed by atoms with Crippen molar-refractivity contribution in [1.29, 1.82) is 0 Å². The summed E-state index contributed by atoms with van der Waals surface area (Å²) in [5.41, 5.74) is 2.69. The summed E-state index contributed by atoms with van der Waals surface area (Å²) in [6.45, 7) is 13.1. The summed E-state index contributed by atoms with van der Waals surface area (Å²) in [6, 6.07) is 8.70. The van der Waals surface area contributed by atoms with E-state index < -0.39 is 0 Å². The third-order valence-electron chi connectivity index (χ3n) is 6.01. The quantitative estimate of drug-likeness (QED) is 0.369. The first-order chi connectivity index (χ1) is 14.8. The summed E-state index contributed by atoms with van der Waals surface area (Å²) < 4.78 is 5.48. The van der Waals surface area contributed by atoms with Crippen molar-refractivity contribution >= 4 is 5.96 Å². The largest absolute Gasteiger partial charge is 0.379 e. The Balaban J connectivity index is 1.47. The molecule has 0 aliphatic carbocycles. The summed E-state index contributed by atoms with van der Waals surface area (Å²) in [4.78, 5) is 9.97. The zero-order valence-electron chi connectivity index (χ0n) is 18.9. The van der Waals surface area contributed by atoms with Gasteiger partial charge in [0, 0.05) is 32.7 Å². The second-order valence-corrected chi connectivity index (χ2v) is 8.39. The Morgan fingerprint density at radius 3 is 2.40 bits per heavy atom. The molecule has 0 unspecified atom stereocenters. The Morgan fingerprint density at radius 1 is 0.933 bits per heavy atom. The zero-order chi connectivity index (χ0) is 20.9. The Labute approximate surface area is 183 Å². The smallest absolute Gasteiger partial charge is 0.191 e. The maximum absolute atomic E-state index is 5.48. The molecule has 30 heavy (non-hydrogen) atoms. The fourth-order valence-corrected chi connectivity index (χ4v) is 4.24. The Kier molecular flexibility index (Phi) is 10.5. The number of rotatable bonds is 9. The van der Waals surface area contributed by atoms with Crippen LogP contribution in [0.4, 0.5) is 0 Å². The lowest BCUT2D eigenvalue weighted by atomic mass is 10.1. The summed E-state index contributed by atoms with van der Waals surface area (Å²) in [7, 11) is 0. The number of guanidine groups is 1. The van der Waals surface area contributed by atoms with Gasteiger partial charge in [0.25, 0.3) is 0 Å². The molecular formula is C24H41N5O. The van der Waals surface area contributed by atoms with Crippen LogP contribution in [0.3, 0.4) is 0 Å². The van der Waals surface area contributed by atoms with E-state index in [1.165, 1.54) is 56.4 Å². The van der Waals surface area contributed by atoms with Gasteiger partial charge in [0.2, 0.25) is 0 Å². The molecule has 2 fully saturated rings. The average Bonchev–Trinajstić information content (AvgIpc) is 3.05. The lowest BCUT2D eigenvalue weighted by molar-refractivity contribution is 0.0341. The highest BCUT2D eigenvalue weighted by molar-refractivity contribution is 5.79. The topological polar surface area (TPSA) is 52.1 Å². The van der Waals surface area contributed by atoms with Crippen LogP contribution in [0.1, 0.15) is 50.2 Å². The highest BCUT2D eigenvalue weighted by Crippen LogP contribution is 2.14. The minimum Gasteiger partial charge on any atom is -0.379 e. The molecule has 1 aromatic carbocycles. The molecule has 1 aromatic rings. The van der Waals surface area contributed by atoms with Gasteiger partial charge in [-0.3, -0.25) is 4.90 Å². The average molecular weight is 416 g/mol. The lowest BCUT2D eigenvalue weighted by Crippen LogP contribution is -2.39. The molecule has 6 heteroatoms. The van der Waals surface area contributed by atoms with Crippen LogP contribution in [-0.2, 0) is 17.8 Å². The highest BCUT2D eigenvalue weighted by Gasteiger charge is 2.13. The van der Waals surface area contributed by atoms with Crippen molar-refractivity contribution < 1.29 is 4.74 Å². The molecule has 3 rings (SSSR count). The van der Waals surface area contributed by atoms with Gasteiger partial charge >= 0.3 is 0 Å². The molecule has 2 N–H and O–H groups in total. The van der Waals surface area contributed by atoms with Crippen molar-refractivity contribution in [2.45, 2.75) is 52.1 Å². The number of aliphatic imine (C=N–C) groups is 1. The Morgan fingerprint density at radius 2 is 1.67 bits per heavy atom. The molecule has 168 valence electrons. The zero-order valence-corrected chi connectivity index (χ0v) is 18.9. The monoisotopic (exact) mass is 415 g/mol. The Hall–Kier alpha value is -1.63. The number of hydrogen-bond donors (Lipinski definition) is 2. The molecule has 0 bridgehead atoms. The van der Waals surface area contributed by atoms with Crippen molar-refractivity contribution in [2.75, 3.05) is 59.0 Å². The van der Waals surface area contributed by atoms with Crippen molar-refractivity contribution in [1.82, 2.24) is 20.4 Å². The normalized spacial score (nSPS) is 19.4. The summed E-state index contributed by atoms with van der Waals surface area (Å²) in [5, 5.41) is 6.93. The predicted octanol–water partition coefficient (Wildman–Crippen LogP) is 2.84. The molecule has 2 aliphatic rings. The van der Waals surface area contributed by atoms with E-state index in [2.05, 4.69) is 51.6 Å². The van der Waals surface area contributed by atoms with Gasteiger partial charge in [-0.25, -0.2) is 4.99 Å². The van der Waals surface area contributed by atoms with Gasteiger partial charge in [0.15, 0.2) is 5.96 Å². The first-order valence-corrected chi connectivity index (χ1v) is 12.0. The van der Waals surface area contributed by atoms with Crippen LogP contribution >= 0.6 is 0 Å². The third kappa shape index (κ3) is 8.25. The van der Waals surface area contributed by atoms with E-state index in [0.29, 0.717) is 6.54 Å². The fraction of sp³-hybridized carbons (Fsp3) is 0.708. The van der Waals surface area contributed by atoms with Gasteiger partial charge in [0.05, 0.1) is 19.8 Å². The maximum atomic E-state index is 5.48. The van der Waals surface area contributed by atoms with E-state index in [1.807, 2.05) is 0 Å². The molecule has 2 aliphatic heterocycles. The molecule has 6 nitrogen and oxygen atoms in total. The van der Waals surface area contributed by atoms with Gasteiger partial charge in [-0.15, -0.1) is 0 Å². The Bertz CT molecular complexity index is 622. The molecule has 0 spiro atoms. The number of ether oxygens (including phenoxy) is 1. The molecule has 0 aromatic heterocycles. The third-order valence-corrected chi connectivity index (χ3v) is 6.01. The minimum absolute atomic E-state index is 0.710. The van der Waals surface area contributed by atoms with Gasteiger partial charge in [-0.05, 0) is 56.9 Å². The fourth-order valence-electron chi connectivity index (χ4n) is 4.24. The second-order valence-electron chi connectivity index (χ2n) is 8.39. The number of nitrogens with one attached hydrogen (secondary N) is 2. The standard InChI is InChI=1S/C24H41N5O/c1-2-25-24(26-12-9-15-28-13-7-3-4-8-14-28)27-20-22-10-5-6-11-23(22)21-29-16-18-30-19-17-29/h5-6,10-11H,2-4,7-9,12-21H2,1H3,(H2,25,26,27). The van der Waals surface area contributed by atoms with Gasteiger partial charge in [-0.2, -0.15) is 0 Å². The molecule has 2 saturated heterocycles. The first kappa shape index (κ1) is 23.0. The van der Waals surface area contributed by atoms with Crippen LogP contribution in [0.25, 0.3) is 0 Å². The van der Waals surface area contributed by atoms with Crippen molar-refractivity contribution in [3.8, 4) is 0 Å². The van der Waals surface area contributed by atoms with Crippen LogP contribution in [0.2, 0.25) is 0 Å². The van der Waals surface area contributed by atoms with E-state index in [1.54, 1.807) is 0 Å². The van der Waals surface area contributed by atoms with Gasteiger partial charge < -0.3 is 20.3 Å². The van der Waals surface area contributed by atoms with E-state index in [4.69, 9.17) is 9.73 Å². The lowest BCUT2D eigenvalue weighted by Gasteiger charge is -2.27. The van der Waals surface area contributed by atoms with Crippen molar-refractivity contribution in [3.63, 3.8) is 0 Å². The first-order valence-electron chi connectivity index (χ1n) is 12.0.